The van der Waals surface area contributed by atoms with E-state index in [4.69, 9.17) is 40.2 Å². The molecule has 1 aliphatic rings. The standard InChI is InChI=1S/C18H18Cl2N2OS2/c1-2-23-14-6-4-13(5-7-14)21-18(24)22-9-10-25-17(22)15-8-3-12(19)11-16(15)20/h3-8,11,17H,2,9-10H2,1H3,(H,21,24)/t17-/m0/s1. The lowest BCUT2D eigenvalue weighted by atomic mass is 10.2. The molecule has 1 aliphatic heterocycles. The third kappa shape index (κ3) is 4.53. The van der Waals surface area contributed by atoms with Gasteiger partial charge in [0.1, 0.15) is 11.1 Å². The van der Waals surface area contributed by atoms with Gasteiger partial charge >= 0.3 is 0 Å². The lowest BCUT2D eigenvalue weighted by molar-refractivity contribution is 0.340. The summed E-state index contributed by atoms with van der Waals surface area (Å²) in [5.74, 6) is 1.84. The Morgan fingerprint density at radius 3 is 2.72 bits per heavy atom. The molecule has 0 aliphatic carbocycles. The molecule has 7 heteroatoms. The fraction of sp³-hybridized carbons (Fsp3) is 0.278. The van der Waals surface area contributed by atoms with E-state index in [1.807, 2.05) is 55.1 Å². The Kier molecular flexibility index (Phi) is 6.34. The van der Waals surface area contributed by atoms with E-state index < -0.39 is 0 Å². The molecule has 132 valence electrons. The maximum atomic E-state index is 6.38. The monoisotopic (exact) mass is 412 g/mol. The number of rotatable bonds is 4. The van der Waals surface area contributed by atoms with Crippen LogP contribution in [0.1, 0.15) is 17.9 Å². The molecule has 3 rings (SSSR count). The lowest BCUT2D eigenvalue weighted by Gasteiger charge is -2.27. The maximum absolute atomic E-state index is 6.38. The Labute approximate surface area is 167 Å². The molecule has 2 aromatic rings. The maximum Gasteiger partial charge on any atom is 0.174 e. The third-order valence-electron chi connectivity index (χ3n) is 3.80. The molecule has 3 nitrogen and oxygen atoms in total. The second-order valence-corrected chi connectivity index (χ2v) is 7.89. The first-order chi connectivity index (χ1) is 12.1. The number of halogens is 2. The zero-order valence-corrected chi connectivity index (χ0v) is 16.8. The largest absolute Gasteiger partial charge is 0.494 e. The minimum absolute atomic E-state index is 0.0902. The highest BCUT2D eigenvalue weighted by Crippen LogP contribution is 2.41. The highest BCUT2D eigenvalue weighted by Gasteiger charge is 2.30. The lowest BCUT2D eigenvalue weighted by Crippen LogP contribution is -2.34. The quantitative estimate of drug-likeness (QED) is 0.636. The van der Waals surface area contributed by atoms with Crippen molar-refractivity contribution in [2.45, 2.75) is 12.3 Å². The van der Waals surface area contributed by atoms with Gasteiger partial charge in [0, 0.05) is 33.6 Å². The Balaban J connectivity index is 1.72. The van der Waals surface area contributed by atoms with Gasteiger partial charge in [0.05, 0.1) is 6.61 Å². The summed E-state index contributed by atoms with van der Waals surface area (Å²) in [4.78, 5) is 2.16. The smallest absolute Gasteiger partial charge is 0.174 e. The van der Waals surface area contributed by atoms with Gasteiger partial charge in [-0.15, -0.1) is 11.8 Å². The molecule has 1 atom stereocenters. The first-order valence-electron chi connectivity index (χ1n) is 7.95. The van der Waals surface area contributed by atoms with Gasteiger partial charge in [0.25, 0.3) is 0 Å². The molecular formula is C18H18Cl2N2OS2. The molecule has 0 amide bonds. The van der Waals surface area contributed by atoms with Crippen LogP contribution in [0.4, 0.5) is 5.69 Å². The van der Waals surface area contributed by atoms with Gasteiger partial charge in [-0.05, 0) is 55.5 Å². The van der Waals surface area contributed by atoms with E-state index in [2.05, 4.69) is 10.2 Å². The van der Waals surface area contributed by atoms with E-state index in [0.29, 0.717) is 21.8 Å². The molecule has 0 bridgehead atoms. The minimum Gasteiger partial charge on any atom is -0.494 e. The predicted molar refractivity (Wildman–Crippen MR) is 112 cm³/mol. The van der Waals surface area contributed by atoms with Crippen molar-refractivity contribution in [2.24, 2.45) is 0 Å². The summed E-state index contributed by atoms with van der Waals surface area (Å²) < 4.78 is 5.46. The molecule has 1 heterocycles. The highest BCUT2D eigenvalue weighted by atomic mass is 35.5. The third-order valence-corrected chi connectivity index (χ3v) is 5.94. The molecule has 1 fully saturated rings. The van der Waals surface area contributed by atoms with Crippen LogP contribution < -0.4 is 10.1 Å². The van der Waals surface area contributed by atoms with Crippen molar-refractivity contribution in [1.29, 1.82) is 0 Å². The number of nitrogens with one attached hydrogen (secondary N) is 1. The SMILES string of the molecule is CCOc1ccc(NC(=S)N2CCS[C@H]2c2ccc(Cl)cc2Cl)cc1. The number of anilines is 1. The van der Waals surface area contributed by atoms with Crippen molar-refractivity contribution in [1.82, 2.24) is 4.90 Å². The van der Waals surface area contributed by atoms with Crippen LogP contribution in [0, 0.1) is 0 Å². The van der Waals surface area contributed by atoms with Crippen LogP contribution >= 0.6 is 47.2 Å². The second kappa shape index (κ2) is 8.49. The van der Waals surface area contributed by atoms with E-state index in [1.54, 1.807) is 6.07 Å². The predicted octanol–water partition coefficient (Wildman–Crippen LogP) is 5.84. The minimum atomic E-state index is 0.0902. The van der Waals surface area contributed by atoms with E-state index >= 15 is 0 Å². The van der Waals surface area contributed by atoms with Crippen LogP contribution in [-0.4, -0.2) is 28.9 Å². The fourth-order valence-electron chi connectivity index (χ4n) is 2.63. The normalized spacial score (nSPS) is 16.8. The van der Waals surface area contributed by atoms with E-state index in [0.717, 1.165) is 29.3 Å². The van der Waals surface area contributed by atoms with Gasteiger partial charge in [0.2, 0.25) is 0 Å². The molecule has 2 aromatic carbocycles. The fourth-order valence-corrected chi connectivity index (χ4v) is 4.89. The van der Waals surface area contributed by atoms with Crippen molar-refractivity contribution in [3.05, 3.63) is 58.1 Å². The molecule has 0 aromatic heterocycles. The Morgan fingerprint density at radius 1 is 1.28 bits per heavy atom. The van der Waals surface area contributed by atoms with Crippen molar-refractivity contribution < 1.29 is 4.74 Å². The van der Waals surface area contributed by atoms with Crippen molar-refractivity contribution in [3.63, 3.8) is 0 Å². The molecule has 25 heavy (non-hydrogen) atoms. The van der Waals surface area contributed by atoms with Crippen LogP contribution in [0.2, 0.25) is 10.0 Å². The van der Waals surface area contributed by atoms with Crippen molar-refractivity contribution in [2.75, 3.05) is 24.2 Å². The van der Waals surface area contributed by atoms with Gasteiger partial charge in [-0.3, -0.25) is 0 Å². The average molecular weight is 413 g/mol. The van der Waals surface area contributed by atoms with Gasteiger partial charge in [-0.1, -0.05) is 29.3 Å². The zero-order chi connectivity index (χ0) is 17.8. The van der Waals surface area contributed by atoms with Gasteiger partial charge in [0.15, 0.2) is 5.11 Å². The second-order valence-electron chi connectivity index (χ2n) is 5.47. The van der Waals surface area contributed by atoms with Gasteiger partial charge < -0.3 is 15.0 Å². The zero-order valence-electron chi connectivity index (χ0n) is 13.7. The summed E-state index contributed by atoms with van der Waals surface area (Å²) in [5, 5.41) is 5.38. The Hall–Kier alpha value is -1.14. The summed E-state index contributed by atoms with van der Waals surface area (Å²) in [6, 6.07) is 13.4. The van der Waals surface area contributed by atoms with Crippen LogP contribution in [0.15, 0.2) is 42.5 Å². The number of ether oxygens (including phenoxy) is 1. The number of nitrogens with zero attached hydrogens (tertiary/aromatic N) is 1. The molecular weight excluding hydrogens is 395 g/mol. The average Bonchev–Trinajstić information content (AvgIpc) is 3.06. The van der Waals surface area contributed by atoms with Crippen LogP contribution in [-0.2, 0) is 0 Å². The number of thioether (sulfide) groups is 1. The first-order valence-corrected chi connectivity index (χ1v) is 10.2. The number of hydrogen-bond donors (Lipinski definition) is 1. The van der Waals surface area contributed by atoms with E-state index in [-0.39, 0.29) is 5.37 Å². The summed E-state index contributed by atoms with van der Waals surface area (Å²) in [5.41, 5.74) is 1.97. The Bertz CT molecular complexity index is 755. The van der Waals surface area contributed by atoms with Crippen LogP contribution in [0.3, 0.4) is 0 Å². The Morgan fingerprint density at radius 2 is 2.04 bits per heavy atom. The number of thiocarbonyl (C=S) groups is 1. The molecule has 0 spiro atoms. The molecule has 0 unspecified atom stereocenters. The number of benzene rings is 2. The molecule has 0 radical (unpaired) electrons. The first kappa shape index (κ1) is 18.6. The van der Waals surface area contributed by atoms with E-state index in [1.165, 1.54) is 0 Å². The number of hydrogen-bond acceptors (Lipinski definition) is 3. The summed E-state index contributed by atoms with van der Waals surface area (Å²) in [7, 11) is 0. The molecule has 1 saturated heterocycles. The van der Waals surface area contributed by atoms with Gasteiger partial charge in [-0.25, -0.2) is 0 Å². The molecule has 0 saturated carbocycles. The highest BCUT2D eigenvalue weighted by molar-refractivity contribution is 7.99. The summed E-state index contributed by atoms with van der Waals surface area (Å²) in [6.07, 6.45) is 0. The topological polar surface area (TPSA) is 24.5 Å². The van der Waals surface area contributed by atoms with Crippen molar-refractivity contribution >= 4 is 58.0 Å². The van der Waals surface area contributed by atoms with Crippen molar-refractivity contribution in [3.8, 4) is 5.75 Å². The molecule has 1 N–H and O–H groups in total. The summed E-state index contributed by atoms with van der Waals surface area (Å²) >= 11 is 19.8. The van der Waals surface area contributed by atoms with Gasteiger partial charge in [-0.2, -0.15) is 0 Å². The van der Waals surface area contributed by atoms with Crippen LogP contribution in [0.25, 0.3) is 0 Å². The summed E-state index contributed by atoms with van der Waals surface area (Å²) in [6.45, 7) is 3.49. The van der Waals surface area contributed by atoms with Crippen LogP contribution in [0.5, 0.6) is 5.75 Å². The van der Waals surface area contributed by atoms with E-state index in [9.17, 15) is 0 Å².